The Morgan fingerprint density at radius 2 is 1.52 bits per heavy atom. The van der Waals surface area contributed by atoms with Gasteiger partial charge in [0.05, 0.1) is 22.8 Å². The molecular weight excluding hydrogens is 366 g/mol. The van der Waals surface area contributed by atoms with E-state index in [1.807, 2.05) is 37.2 Å². The van der Waals surface area contributed by atoms with E-state index in [1.165, 1.54) is 18.5 Å². The Balaban J connectivity index is 1.71. The van der Waals surface area contributed by atoms with Crippen LogP contribution in [0.2, 0.25) is 0 Å². The average Bonchev–Trinajstić information content (AvgIpc) is 2.74. The summed E-state index contributed by atoms with van der Waals surface area (Å²) in [5.41, 5.74) is 3.09. The molecule has 0 aliphatic heterocycles. The highest BCUT2D eigenvalue weighted by atomic mass is 16.2. The number of hydrogen-bond donors (Lipinski definition) is 2. The molecule has 2 amide bonds. The lowest BCUT2D eigenvalue weighted by molar-refractivity contribution is 0.102. The molecule has 0 aliphatic rings. The van der Waals surface area contributed by atoms with Crippen LogP contribution in [0.25, 0.3) is 0 Å². The maximum absolute atomic E-state index is 12.5. The minimum absolute atomic E-state index is 0.239. The first-order valence-corrected chi connectivity index (χ1v) is 8.81. The van der Waals surface area contributed by atoms with Gasteiger partial charge in [-0.15, -0.1) is 0 Å². The molecular formula is C22H19N5O2. The summed E-state index contributed by atoms with van der Waals surface area (Å²) in [6.45, 7) is 0. The molecule has 7 heteroatoms. The number of amides is 2. The fraction of sp³-hybridized carbons (Fsp3) is 0.0909. The number of nitrogens with one attached hydrogen (secondary N) is 2. The first-order chi connectivity index (χ1) is 14.0. The van der Waals surface area contributed by atoms with Crippen molar-refractivity contribution in [2.24, 2.45) is 0 Å². The lowest BCUT2D eigenvalue weighted by atomic mass is 10.1. The molecule has 0 radical (unpaired) electrons. The van der Waals surface area contributed by atoms with Crippen LogP contribution in [0.1, 0.15) is 26.3 Å². The fourth-order valence-electron chi connectivity index (χ4n) is 2.60. The lowest BCUT2D eigenvalue weighted by Gasteiger charge is -2.13. The maximum Gasteiger partial charge on any atom is 0.257 e. The van der Waals surface area contributed by atoms with E-state index in [9.17, 15) is 9.59 Å². The Morgan fingerprint density at radius 3 is 2.10 bits per heavy atom. The summed E-state index contributed by atoms with van der Waals surface area (Å²) >= 11 is 0. The van der Waals surface area contributed by atoms with Gasteiger partial charge < -0.3 is 15.5 Å². The molecule has 0 bridgehead atoms. The Hall–Kier alpha value is -4.18. The van der Waals surface area contributed by atoms with Gasteiger partial charge in [-0.2, -0.15) is 5.26 Å². The Bertz CT molecular complexity index is 1080. The van der Waals surface area contributed by atoms with E-state index in [2.05, 4.69) is 15.6 Å². The Labute approximate surface area is 168 Å². The number of nitrogens with zero attached hydrogens (tertiary/aromatic N) is 3. The number of pyridine rings is 1. The monoisotopic (exact) mass is 385 g/mol. The Morgan fingerprint density at radius 1 is 0.897 bits per heavy atom. The molecule has 0 saturated heterocycles. The summed E-state index contributed by atoms with van der Waals surface area (Å²) in [6, 6.07) is 17.5. The van der Waals surface area contributed by atoms with Crippen molar-refractivity contribution in [3.8, 4) is 6.07 Å². The van der Waals surface area contributed by atoms with Crippen molar-refractivity contribution < 1.29 is 9.59 Å². The minimum atomic E-state index is -0.419. The SMILES string of the molecule is CN(C)c1ccc(NC(=O)c2cncc(C(=O)Nc3cccc(C#N)c3)c2)cc1. The van der Waals surface area contributed by atoms with E-state index >= 15 is 0 Å². The van der Waals surface area contributed by atoms with Crippen LogP contribution in [0.5, 0.6) is 0 Å². The van der Waals surface area contributed by atoms with Crippen LogP contribution in [-0.2, 0) is 0 Å². The summed E-state index contributed by atoms with van der Waals surface area (Å²) in [5.74, 6) is -0.784. The molecule has 0 fully saturated rings. The number of carbonyl (C=O) groups excluding carboxylic acids is 2. The van der Waals surface area contributed by atoms with E-state index in [0.717, 1.165) is 5.69 Å². The van der Waals surface area contributed by atoms with Crippen molar-refractivity contribution in [1.29, 1.82) is 5.26 Å². The standard InChI is InChI=1S/C22H19N5O2/c1-27(2)20-8-6-18(7-9-20)25-21(28)16-11-17(14-24-13-16)22(29)26-19-5-3-4-15(10-19)12-23/h3-11,13-14H,1-2H3,(H,25,28)(H,26,29). The van der Waals surface area contributed by atoms with Gasteiger partial charge in [-0.25, -0.2) is 0 Å². The van der Waals surface area contributed by atoms with E-state index in [1.54, 1.807) is 36.4 Å². The lowest BCUT2D eigenvalue weighted by Crippen LogP contribution is -2.16. The van der Waals surface area contributed by atoms with Gasteiger partial charge in [-0.3, -0.25) is 14.6 Å². The molecule has 0 spiro atoms. The van der Waals surface area contributed by atoms with Crippen molar-refractivity contribution in [1.82, 2.24) is 4.98 Å². The van der Waals surface area contributed by atoms with Gasteiger partial charge in [0.15, 0.2) is 0 Å². The van der Waals surface area contributed by atoms with Crippen LogP contribution in [0.3, 0.4) is 0 Å². The summed E-state index contributed by atoms with van der Waals surface area (Å²) in [5, 5.41) is 14.4. The normalized spacial score (nSPS) is 9.97. The van der Waals surface area contributed by atoms with Gasteiger partial charge in [0, 0.05) is 43.6 Å². The van der Waals surface area contributed by atoms with Crippen LogP contribution in [0, 0.1) is 11.3 Å². The third-order valence-corrected chi connectivity index (χ3v) is 4.15. The van der Waals surface area contributed by atoms with E-state index in [-0.39, 0.29) is 17.0 Å². The molecule has 1 heterocycles. The summed E-state index contributed by atoms with van der Waals surface area (Å²) in [6.07, 6.45) is 2.78. The quantitative estimate of drug-likeness (QED) is 0.700. The molecule has 0 aliphatic carbocycles. The van der Waals surface area contributed by atoms with Gasteiger partial charge in [0.1, 0.15) is 0 Å². The highest BCUT2D eigenvalue weighted by Gasteiger charge is 2.12. The minimum Gasteiger partial charge on any atom is -0.378 e. The molecule has 3 aromatic rings. The molecule has 3 rings (SSSR count). The number of carbonyl (C=O) groups is 2. The summed E-state index contributed by atoms with van der Waals surface area (Å²) < 4.78 is 0. The molecule has 2 N–H and O–H groups in total. The van der Waals surface area contributed by atoms with Crippen molar-refractivity contribution in [3.63, 3.8) is 0 Å². The molecule has 144 valence electrons. The zero-order valence-corrected chi connectivity index (χ0v) is 16.0. The van der Waals surface area contributed by atoms with Gasteiger partial charge in [-0.1, -0.05) is 6.07 Å². The first-order valence-electron chi connectivity index (χ1n) is 8.81. The van der Waals surface area contributed by atoms with Crippen LogP contribution in [0.4, 0.5) is 17.1 Å². The van der Waals surface area contributed by atoms with E-state index in [4.69, 9.17) is 5.26 Å². The Kier molecular flexibility index (Phi) is 5.85. The van der Waals surface area contributed by atoms with Gasteiger partial charge in [0.25, 0.3) is 11.8 Å². The third-order valence-electron chi connectivity index (χ3n) is 4.15. The molecule has 2 aromatic carbocycles. The summed E-state index contributed by atoms with van der Waals surface area (Å²) in [7, 11) is 3.87. The molecule has 0 atom stereocenters. The van der Waals surface area contributed by atoms with Crippen LogP contribution in [0.15, 0.2) is 67.0 Å². The second-order valence-corrected chi connectivity index (χ2v) is 6.50. The number of anilines is 3. The molecule has 0 saturated carbocycles. The topological polar surface area (TPSA) is 98.1 Å². The predicted molar refractivity (Wildman–Crippen MR) is 112 cm³/mol. The highest BCUT2D eigenvalue weighted by molar-refractivity contribution is 6.08. The average molecular weight is 385 g/mol. The van der Waals surface area contributed by atoms with Crippen molar-refractivity contribution in [3.05, 3.63) is 83.7 Å². The van der Waals surface area contributed by atoms with Gasteiger partial charge in [-0.05, 0) is 48.5 Å². The second kappa shape index (κ2) is 8.67. The molecule has 29 heavy (non-hydrogen) atoms. The van der Waals surface area contributed by atoms with Gasteiger partial charge >= 0.3 is 0 Å². The second-order valence-electron chi connectivity index (χ2n) is 6.50. The van der Waals surface area contributed by atoms with Crippen molar-refractivity contribution in [2.75, 3.05) is 29.6 Å². The predicted octanol–water partition coefficient (Wildman–Crippen LogP) is 3.52. The number of rotatable bonds is 5. The zero-order chi connectivity index (χ0) is 20.8. The number of hydrogen-bond acceptors (Lipinski definition) is 5. The van der Waals surface area contributed by atoms with Gasteiger partial charge in [0.2, 0.25) is 0 Å². The number of nitriles is 1. The van der Waals surface area contributed by atoms with Crippen LogP contribution < -0.4 is 15.5 Å². The first kappa shape index (κ1) is 19.6. The molecule has 1 aromatic heterocycles. The van der Waals surface area contributed by atoms with E-state index < -0.39 is 5.91 Å². The van der Waals surface area contributed by atoms with Crippen molar-refractivity contribution in [2.45, 2.75) is 0 Å². The van der Waals surface area contributed by atoms with Crippen LogP contribution in [-0.4, -0.2) is 30.9 Å². The van der Waals surface area contributed by atoms with Crippen LogP contribution >= 0.6 is 0 Å². The van der Waals surface area contributed by atoms with Crippen molar-refractivity contribution >= 4 is 28.9 Å². The zero-order valence-electron chi connectivity index (χ0n) is 16.0. The number of benzene rings is 2. The molecule has 0 unspecified atom stereocenters. The van der Waals surface area contributed by atoms with E-state index in [0.29, 0.717) is 16.9 Å². The fourth-order valence-corrected chi connectivity index (χ4v) is 2.60. The third kappa shape index (κ3) is 4.96. The maximum atomic E-state index is 12.5. The summed E-state index contributed by atoms with van der Waals surface area (Å²) in [4.78, 5) is 31.0. The largest absolute Gasteiger partial charge is 0.378 e. The molecule has 7 nitrogen and oxygen atoms in total. The smallest absolute Gasteiger partial charge is 0.257 e. The highest BCUT2D eigenvalue weighted by Crippen LogP contribution is 2.17. The number of aromatic nitrogens is 1.